The molecule has 2 rings (SSSR count). The quantitative estimate of drug-likeness (QED) is 0.818. The lowest BCUT2D eigenvalue weighted by atomic mass is 9.97. The Labute approximate surface area is 123 Å². The van der Waals surface area contributed by atoms with E-state index in [1.54, 1.807) is 0 Å². The van der Waals surface area contributed by atoms with Crippen LogP contribution in [0.5, 0.6) is 5.75 Å². The summed E-state index contributed by atoms with van der Waals surface area (Å²) >= 11 is 1.53. The lowest BCUT2D eigenvalue weighted by molar-refractivity contribution is 0.317. The van der Waals surface area contributed by atoms with Crippen LogP contribution in [-0.4, -0.2) is 11.6 Å². The van der Waals surface area contributed by atoms with Gasteiger partial charge in [0.25, 0.3) is 0 Å². The van der Waals surface area contributed by atoms with Gasteiger partial charge in [0, 0.05) is 10.9 Å². The summed E-state index contributed by atoms with van der Waals surface area (Å²) in [7, 11) is 0. The molecule has 0 N–H and O–H groups in total. The number of benzene rings is 1. The van der Waals surface area contributed by atoms with E-state index >= 15 is 0 Å². The third-order valence-corrected chi connectivity index (χ3v) is 4.11. The standard InChI is InChI=1S/C16H18N2OS/c1-4-9-19-13-7-5-12(6-8-13)14-10-20-15(18-14)16(2,3)11-17/h5-8,10H,4,9H2,1-3H3. The van der Waals surface area contributed by atoms with Crippen molar-refractivity contribution in [2.75, 3.05) is 6.61 Å². The number of ether oxygens (including phenoxy) is 1. The highest BCUT2D eigenvalue weighted by molar-refractivity contribution is 7.10. The highest BCUT2D eigenvalue weighted by Gasteiger charge is 2.23. The van der Waals surface area contributed by atoms with E-state index in [-0.39, 0.29) is 0 Å². The fourth-order valence-electron chi connectivity index (χ4n) is 1.68. The lowest BCUT2D eigenvalue weighted by Gasteiger charge is -2.10. The second-order valence-electron chi connectivity index (χ2n) is 5.15. The first kappa shape index (κ1) is 14.5. The van der Waals surface area contributed by atoms with Crippen molar-refractivity contribution >= 4 is 11.3 Å². The average molecular weight is 286 g/mol. The molecule has 0 radical (unpaired) electrons. The monoisotopic (exact) mass is 286 g/mol. The van der Waals surface area contributed by atoms with Crippen molar-refractivity contribution in [2.24, 2.45) is 0 Å². The zero-order valence-electron chi connectivity index (χ0n) is 12.0. The third-order valence-electron chi connectivity index (χ3n) is 2.94. The van der Waals surface area contributed by atoms with Crippen LogP contribution in [0, 0.1) is 11.3 Å². The molecule has 1 aromatic heterocycles. The maximum Gasteiger partial charge on any atom is 0.119 e. The van der Waals surface area contributed by atoms with Crippen LogP contribution in [0.25, 0.3) is 11.3 Å². The molecule has 0 saturated heterocycles. The number of aromatic nitrogens is 1. The van der Waals surface area contributed by atoms with Crippen molar-refractivity contribution in [3.05, 3.63) is 34.7 Å². The van der Waals surface area contributed by atoms with E-state index in [0.717, 1.165) is 35.0 Å². The topological polar surface area (TPSA) is 45.9 Å². The molecular weight excluding hydrogens is 268 g/mol. The minimum Gasteiger partial charge on any atom is -0.494 e. The molecule has 1 aromatic carbocycles. The van der Waals surface area contributed by atoms with Gasteiger partial charge in [0.2, 0.25) is 0 Å². The van der Waals surface area contributed by atoms with Gasteiger partial charge in [0.05, 0.1) is 18.4 Å². The molecule has 0 amide bonds. The van der Waals surface area contributed by atoms with Crippen molar-refractivity contribution in [3.8, 4) is 23.1 Å². The van der Waals surface area contributed by atoms with Crippen LogP contribution in [0.3, 0.4) is 0 Å². The number of hydrogen-bond donors (Lipinski definition) is 0. The fourth-order valence-corrected chi connectivity index (χ4v) is 2.59. The van der Waals surface area contributed by atoms with Crippen LogP contribution in [0.2, 0.25) is 0 Å². The molecule has 0 spiro atoms. The van der Waals surface area contributed by atoms with E-state index in [4.69, 9.17) is 10.00 Å². The molecule has 0 unspecified atom stereocenters. The molecule has 20 heavy (non-hydrogen) atoms. The highest BCUT2D eigenvalue weighted by Crippen LogP contribution is 2.30. The molecule has 2 aromatic rings. The maximum atomic E-state index is 9.15. The number of thiazole rings is 1. The summed E-state index contributed by atoms with van der Waals surface area (Å²) in [6.45, 7) is 6.59. The number of hydrogen-bond acceptors (Lipinski definition) is 4. The molecule has 0 aliphatic carbocycles. The Balaban J connectivity index is 2.19. The van der Waals surface area contributed by atoms with Gasteiger partial charge in [-0.3, -0.25) is 0 Å². The van der Waals surface area contributed by atoms with E-state index < -0.39 is 5.41 Å². The Bertz CT molecular complexity index is 608. The normalized spacial score (nSPS) is 11.1. The number of nitrogens with zero attached hydrogens (tertiary/aromatic N) is 2. The predicted molar refractivity (Wildman–Crippen MR) is 82.0 cm³/mol. The Hall–Kier alpha value is -1.86. The molecule has 0 aliphatic heterocycles. The van der Waals surface area contributed by atoms with Crippen LogP contribution in [-0.2, 0) is 5.41 Å². The second kappa shape index (κ2) is 6.06. The summed E-state index contributed by atoms with van der Waals surface area (Å²) in [6, 6.07) is 10.2. The van der Waals surface area contributed by atoms with E-state index in [1.165, 1.54) is 11.3 Å². The van der Waals surface area contributed by atoms with Crippen LogP contribution in [0.15, 0.2) is 29.6 Å². The summed E-state index contributed by atoms with van der Waals surface area (Å²) in [5.41, 5.74) is 1.42. The van der Waals surface area contributed by atoms with Crippen LogP contribution in [0.4, 0.5) is 0 Å². The third kappa shape index (κ3) is 3.17. The maximum absolute atomic E-state index is 9.15. The van der Waals surface area contributed by atoms with Crippen LogP contribution >= 0.6 is 11.3 Å². The van der Waals surface area contributed by atoms with E-state index in [2.05, 4.69) is 18.0 Å². The smallest absolute Gasteiger partial charge is 0.119 e. The molecule has 3 nitrogen and oxygen atoms in total. The van der Waals surface area contributed by atoms with Gasteiger partial charge in [0.15, 0.2) is 0 Å². The highest BCUT2D eigenvalue weighted by atomic mass is 32.1. The second-order valence-corrected chi connectivity index (χ2v) is 6.01. The van der Waals surface area contributed by atoms with E-state index in [1.807, 2.05) is 43.5 Å². The molecule has 104 valence electrons. The fraction of sp³-hybridized carbons (Fsp3) is 0.375. The largest absolute Gasteiger partial charge is 0.494 e. The first-order chi connectivity index (χ1) is 9.56. The van der Waals surface area contributed by atoms with Gasteiger partial charge in [0.1, 0.15) is 16.2 Å². The Morgan fingerprint density at radius 2 is 2.00 bits per heavy atom. The molecule has 0 atom stereocenters. The SMILES string of the molecule is CCCOc1ccc(-c2csc(C(C)(C)C#N)n2)cc1. The zero-order chi connectivity index (χ0) is 14.6. The lowest BCUT2D eigenvalue weighted by Crippen LogP contribution is -2.13. The Kier molecular flexibility index (Phi) is 4.41. The average Bonchev–Trinajstić information content (AvgIpc) is 2.96. The van der Waals surface area contributed by atoms with Crippen molar-refractivity contribution in [1.29, 1.82) is 5.26 Å². The van der Waals surface area contributed by atoms with Gasteiger partial charge in [-0.15, -0.1) is 11.3 Å². The Morgan fingerprint density at radius 1 is 1.30 bits per heavy atom. The molecule has 4 heteroatoms. The van der Waals surface area contributed by atoms with Gasteiger partial charge >= 0.3 is 0 Å². The van der Waals surface area contributed by atoms with Crippen molar-refractivity contribution in [2.45, 2.75) is 32.6 Å². The summed E-state index contributed by atoms with van der Waals surface area (Å²) in [5.74, 6) is 0.878. The minimum absolute atomic E-state index is 0.535. The van der Waals surface area contributed by atoms with Crippen molar-refractivity contribution < 1.29 is 4.74 Å². The Morgan fingerprint density at radius 3 is 2.60 bits per heavy atom. The van der Waals surface area contributed by atoms with E-state index in [0.29, 0.717) is 0 Å². The number of rotatable bonds is 5. The molecule has 0 bridgehead atoms. The molecular formula is C16H18N2OS. The van der Waals surface area contributed by atoms with Crippen molar-refractivity contribution in [3.63, 3.8) is 0 Å². The van der Waals surface area contributed by atoms with Gasteiger partial charge in [-0.1, -0.05) is 6.92 Å². The van der Waals surface area contributed by atoms with Gasteiger partial charge in [-0.25, -0.2) is 4.98 Å². The first-order valence-corrected chi connectivity index (χ1v) is 7.55. The van der Waals surface area contributed by atoms with Gasteiger partial charge in [-0.2, -0.15) is 5.26 Å². The molecule has 0 aliphatic rings. The number of nitriles is 1. The van der Waals surface area contributed by atoms with Gasteiger partial charge in [-0.05, 0) is 44.5 Å². The van der Waals surface area contributed by atoms with Gasteiger partial charge < -0.3 is 4.74 Å². The van der Waals surface area contributed by atoms with Crippen LogP contribution in [0.1, 0.15) is 32.2 Å². The van der Waals surface area contributed by atoms with E-state index in [9.17, 15) is 0 Å². The molecule has 0 saturated carbocycles. The summed E-state index contributed by atoms with van der Waals surface area (Å²) in [6.07, 6.45) is 1.00. The molecule has 1 heterocycles. The van der Waals surface area contributed by atoms with Crippen LogP contribution < -0.4 is 4.74 Å². The minimum atomic E-state index is -0.535. The zero-order valence-corrected chi connectivity index (χ0v) is 12.8. The van der Waals surface area contributed by atoms with Crippen molar-refractivity contribution in [1.82, 2.24) is 4.98 Å². The first-order valence-electron chi connectivity index (χ1n) is 6.67. The molecule has 0 fully saturated rings. The summed E-state index contributed by atoms with van der Waals surface area (Å²) < 4.78 is 5.56. The summed E-state index contributed by atoms with van der Waals surface area (Å²) in [4.78, 5) is 4.57. The predicted octanol–water partition coefficient (Wildman–Crippen LogP) is 4.40. The summed E-state index contributed by atoms with van der Waals surface area (Å²) in [5, 5.41) is 12.0.